The highest BCUT2D eigenvalue weighted by Gasteiger charge is 2.36. The predicted octanol–water partition coefficient (Wildman–Crippen LogP) is 0.273. The van der Waals surface area contributed by atoms with Crippen LogP contribution in [0.5, 0.6) is 0 Å². The lowest BCUT2D eigenvalue weighted by Crippen LogP contribution is -2.34. The second kappa shape index (κ2) is 5.45. The van der Waals surface area contributed by atoms with E-state index in [2.05, 4.69) is 15.1 Å². The Morgan fingerprint density at radius 2 is 2.05 bits per heavy atom. The molecule has 114 valence electrons. The van der Waals surface area contributed by atoms with Crippen LogP contribution in [-0.4, -0.2) is 19.7 Å². The molecule has 2 aromatic heterocycles. The van der Waals surface area contributed by atoms with E-state index in [1.165, 1.54) is 13.2 Å². The highest BCUT2D eigenvalue weighted by molar-refractivity contribution is 5.85. The van der Waals surface area contributed by atoms with Gasteiger partial charge in [0.05, 0.1) is 5.54 Å². The molecule has 8 nitrogen and oxygen atoms in total. The molecule has 0 saturated heterocycles. The normalized spacial score (nSPS) is 16.7. The molecule has 3 N–H and O–H groups in total. The maximum atomic E-state index is 12.0. The fourth-order valence-electron chi connectivity index (χ4n) is 2.48. The second-order valence-corrected chi connectivity index (χ2v) is 5.16. The van der Waals surface area contributed by atoms with Gasteiger partial charge < -0.3 is 15.2 Å². The van der Waals surface area contributed by atoms with E-state index in [9.17, 15) is 9.59 Å². The first-order valence-electron chi connectivity index (χ1n) is 6.43. The Balaban J connectivity index is 0.00000161. The van der Waals surface area contributed by atoms with Crippen LogP contribution < -0.4 is 17.0 Å². The maximum absolute atomic E-state index is 12.0. The molecule has 0 aromatic carbocycles. The van der Waals surface area contributed by atoms with Crippen molar-refractivity contribution in [2.24, 2.45) is 12.8 Å². The molecular weight excluding hydrogens is 298 g/mol. The molecule has 21 heavy (non-hydrogen) atoms. The van der Waals surface area contributed by atoms with E-state index < -0.39 is 16.8 Å². The van der Waals surface area contributed by atoms with Gasteiger partial charge in [0.2, 0.25) is 0 Å². The van der Waals surface area contributed by atoms with Gasteiger partial charge in [-0.15, -0.1) is 12.4 Å². The molecule has 0 amide bonds. The van der Waals surface area contributed by atoms with Gasteiger partial charge in [0.15, 0.2) is 5.82 Å². The van der Waals surface area contributed by atoms with Crippen LogP contribution in [0.15, 0.2) is 20.3 Å². The van der Waals surface area contributed by atoms with E-state index in [1.807, 2.05) is 0 Å². The fraction of sp³-hybridized carbons (Fsp3) is 0.500. The smallest absolute Gasteiger partial charge is 0.328 e. The van der Waals surface area contributed by atoms with Crippen LogP contribution in [0, 0.1) is 0 Å². The van der Waals surface area contributed by atoms with Gasteiger partial charge in [-0.2, -0.15) is 4.98 Å². The first-order chi connectivity index (χ1) is 9.51. The third-order valence-corrected chi connectivity index (χ3v) is 3.78. The Hall–Kier alpha value is -1.93. The van der Waals surface area contributed by atoms with E-state index >= 15 is 0 Å². The molecule has 0 aliphatic heterocycles. The van der Waals surface area contributed by atoms with Crippen molar-refractivity contribution in [2.45, 2.75) is 31.2 Å². The Bertz CT molecular complexity index is 757. The van der Waals surface area contributed by atoms with Crippen LogP contribution in [0.2, 0.25) is 0 Å². The summed E-state index contributed by atoms with van der Waals surface area (Å²) >= 11 is 0. The molecule has 0 bridgehead atoms. The summed E-state index contributed by atoms with van der Waals surface area (Å²) in [5.41, 5.74) is 4.84. The number of halogens is 1. The van der Waals surface area contributed by atoms with E-state index in [4.69, 9.17) is 10.3 Å². The zero-order valence-electron chi connectivity index (χ0n) is 11.5. The van der Waals surface area contributed by atoms with Gasteiger partial charge in [0.25, 0.3) is 11.4 Å². The van der Waals surface area contributed by atoms with Crippen LogP contribution >= 0.6 is 12.4 Å². The summed E-state index contributed by atoms with van der Waals surface area (Å²) in [5, 5.41) is 3.89. The van der Waals surface area contributed by atoms with Gasteiger partial charge in [-0.05, 0) is 12.8 Å². The zero-order chi connectivity index (χ0) is 14.3. The van der Waals surface area contributed by atoms with Crippen molar-refractivity contribution >= 4 is 12.4 Å². The first kappa shape index (κ1) is 15.5. The van der Waals surface area contributed by atoms with E-state index in [0.717, 1.165) is 30.3 Å². The van der Waals surface area contributed by atoms with Crippen LogP contribution in [0.4, 0.5) is 0 Å². The quantitative estimate of drug-likeness (QED) is 0.821. The monoisotopic (exact) mass is 313 g/mol. The van der Waals surface area contributed by atoms with Gasteiger partial charge in [-0.1, -0.05) is 18.0 Å². The molecule has 1 saturated carbocycles. The van der Waals surface area contributed by atoms with Gasteiger partial charge in [0, 0.05) is 13.2 Å². The van der Waals surface area contributed by atoms with Crippen LogP contribution in [-0.2, 0) is 12.6 Å². The predicted molar refractivity (Wildman–Crippen MR) is 77.2 cm³/mol. The lowest BCUT2D eigenvalue weighted by atomic mass is 9.99. The number of nitrogens with one attached hydrogen (secondary N) is 1. The number of nitrogens with two attached hydrogens (primary N) is 1. The molecule has 0 radical (unpaired) electrons. The number of rotatable bonds is 2. The highest BCUT2D eigenvalue weighted by atomic mass is 35.5. The minimum Gasteiger partial charge on any atom is -0.334 e. The average Bonchev–Trinajstić information content (AvgIpc) is 3.06. The summed E-state index contributed by atoms with van der Waals surface area (Å²) in [7, 11) is 1.38. The molecule has 1 aliphatic rings. The highest BCUT2D eigenvalue weighted by Crippen LogP contribution is 2.35. The van der Waals surface area contributed by atoms with Gasteiger partial charge in [-0.25, -0.2) is 4.79 Å². The molecule has 1 aliphatic carbocycles. The largest absolute Gasteiger partial charge is 0.334 e. The molecule has 0 spiro atoms. The van der Waals surface area contributed by atoms with Crippen molar-refractivity contribution < 1.29 is 4.52 Å². The number of H-pyrrole nitrogens is 1. The summed E-state index contributed by atoms with van der Waals surface area (Å²) in [6.45, 7) is 0. The third kappa shape index (κ3) is 2.52. The molecule has 2 aromatic rings. The van der Waals surface area contributed by atoms with E-state index in [1.54, 1.807) is 0 Å². The molecule has 9 heteroatoms. The molecular formula is C12H16ClN5O3. The molecule has 1 fully saturated rings. The van der Waals surface area contributed by atoms with Crippen molar-refractivity contribution in [1.29, 1.82) is 0 Å². The lowest BCUT2D eigenvalue weighted by Gasteiger charge is -2.17. The minimum absolute atomic E-state index is 0. The number of aromatic amines is 1. The third-order valence-electron chi connectivity index (χ3n) is 3.78. The van der Waals surface area contributed by atoms with Crippen molar-refractivity contribution in [3.8, 4) is 11.5 Å². The molecule has 2 heterocycles. The second-order valence-electron chi connectivity index (χ2n) is 5.16. The topological polar surface area (TPSA) is 120 Å². The van der Waals surface area contributed by atoms with Crippen molar-refractivity contribution in [3.05, 3.63) is 32.9 Å². The van der Waals surface area contributed by atoms with E-state index in [-0.39, 0.29) is 23.9 Å². The molecule has 3 rings (SSSR count). The van der Waals surface area contributed by atoms with Crippen LogP contribution in [0.25, 0.3) is 11.5 Å². The van der Waals surface area contributed by atoms with Gasteiger partial charge in [-0.3, -0.25) is 9.36 Å². The lowest BCUT2D eigenvalue weighted by molar-refractivity contribution is 0.372. The summed E-state index contributed by atoms with van der Waals surface area (Å²) in [5.74, 6) is 0.492. The zero-order valence-corrected chi connectivity index (χ0v) is 12.3. The maximum Gasteiger partial charge on any atom is 0.328 e. The van der Waals surface area contributed by atoms with Crippen molar-refractivity contribution in [1.82, 2.24) is 19.7 Å². The minimum atomic E-state index is -0.574. The fourth-order valence-corrected chi connectivity index (χ4v) is 2.48. The Kier molecular flexibility index (Phi) is 4.02. The van der Waals surface area contributed by atoms with E-state index in [0.29, 0.717) is 5.82 Å². The number of aromatic nitrogens is 4. The molecule has 0 unspecified atom stereocenters. The van der Waals surface area contributed by atoms with Crippen LogP contribution in [0.1, 0.15) is 31.5 Å². The van der Waals surface area contributed by atoms with Crippen molar-refractivity contribution in [2.75, 3.05) is 0 Å². The number of hydrogen-bond donors (Lipinski definition) is 2. The SMILES string of the molecule is Cl.Cn1c(=O)[nH]cc(-c2nc(C3(N)CCCC3)no2)c1=O. The summed E-state index contributed by atoms with van der Waals surface area (Å²) in [4.78, 5) is 30.0. The Morgan fingerprint density at radius 3 is 2.71 bits per heavy atom. The number of nitrogens with zero attached hydrogens (tertiary/aromatic N) is 3. The Morgan fingerprint density at radius 1 is 1.38 bits per heavy atom. The standard InChI is InChI=1S/C12H15N5O3.ClH/c1-17-9(18)7(6-14-11(17)19)8-15-10(16-20-8)12(13)4-2-3-5-12;/h6H,2-5,13H2,1H3,(H,14,19);1H. The summed E-state index contributed by atoms with van der Waals surface area (Å²) in [6.07, 6.45) is 4.94. The first-order valence-corrected chi connectivity index (χ1v) is 6.43. The summed E-state index contributed by atoms with van der Waals surface area (Å²) in [6, 6.07) is 0. The Labute approximate surface area is 125 Å². The summed E-state index contributed by atoms with van der Waals surface area (Å²) < 4.78 is 6.08. The van der Waals surface area contributed by atoms with Crippen molar-refractivity contribution in [3.63, 3.8) is 0 Å². The number of hydrogen-bond acceptors (Lipinski definition) is 6. The van der Waals surface area contributed by atoms with Gasteiger partial charge >= 0.3 is 5.69 Å². The average molecular weight is 314 g/mol. The van der Waals surface area contributed by atoms with Gasteiger partial charge in [0.1, 0.15) is 5.56 Å². The molecule has 0 atom stereocenters. The van der Waals surface area contributed by atoms with Crippen LogP contribution in [0.3, 0.4) is 0 Å².